The van der Waals surface area contributed by atoms with E-state index in [1.165, 1.54) is 0 Å². The second-order valence-corrected chi connectivity index (χ2v) is 6.82. The Labute approximate surface area is 141 Å². The van der Waals surface area contributed by atoms with Crippen LogP contribution >= 0.6 is 11.8 Å². The Balaban J connectivity index is 1.73. The summed E-state index contributed by atoms with van der Waals surface area (Å²) in [6, 6.07) is 15.3. The van der Waals surface area contributed by atoms with Crippen molar-refractivity contribution in [3.8, 4) is 0 Å². The number of nitrogens with zero attached hydrogens (tertiary/aromatic N) is 3. The van der Waals surface area contributed by atoms with Gasteiger partial charge in [0.05, 0.1) is 10.6 Å². The molecule has 0 aliphatic carbocycles. The maximum Gasteiger partial charge on any atom is 0.269 e. The van der Waals surface area contributed by atoms with E-state index in [-0.39, 0.29) is 10.6 Å². The minimum Gasteiger partial charge on any atom is -0.302 e. The first-order chi connectivity index (χ1) is 11.7. The Morgan fingerprint density at radius 2 is 2.04 bits per heavy atom. The molecule has 6 heteroatoms. The molecule has 3 heterocycles. The van der Waals surface area contributed by atoms with Gasteiger partial charge in [-0.25, -0.2) is 4.98 Å². The molecule has 5 nitrogen and oxygen atoms in total. The summed E-state index contributed by atoms with van der Waals surface area (Å²) >= 11 is 1.58. The Morgan fingerprint density at radius 1 is 1.17 bits per heavy atom. The van der Waals surface area contributed by atoms with Gasteiger partial charge in [-0.15, -0.1) is 0 Å². The van der Waals surface area contributed by atoms with Gasteiger partial charge in [0.2, 0.25) is 0 Å². The predicted octanol–water partition coefficient (Wildman–Crippen LogP) is 4.45. The summed E-state index contributed by atoms with van der Waals surface area (Å²) in [5.41, 5.74) is 3.15. The summed E-state index contributed by atoms with van der Waals surface area (Å²) < 4.78 is 2.10. The van der Waals surface area contributed by atoms with Gasteiger partial charge < -0.3 is 4.40 Å². The molecule has 0 atom stereocenters. The number of nitro groups is 1. The number of fused-ring (bicyclic) bond motifs is 6. The maximum atomic E-state index is 11.0. The van der Waals surface area contributed by atoms with Crippen LogP contribution < -0.4 is 0 Å². The van der Waals surface area contributed by atoms with Gasteiger partial charge in [0, 0.05) is 35.0 Å². The quantitative estimate of drug-likeness (QED) is 0.336. The van der Waals surface area contributed by atoms with Crippen molar-refractivity contribution in [3.05, 3.63) is 76.1 Å². The molecule has 0 spiro atoms. The molecular weight excluding hydrogens is 322 g/mol. The lowest BCUT2D eigenvalue weighted by molar-refractivity contribution is -0.385. The molecule has 0 amide bonds. The van der Waals surface area contributed by atoms with Crippen LogP contribution in [0.4, 0.5) is 5.69 Å². The van der Waals surface area contributed by atoms with Crippen molar-refractivity contribution >= 4 is 33.9 Å². The number of benzene rings is 2. The standard InChI is InChI=1S/C18H11N3O2S/c22-21(23)13-5-6-16-12(9-13)10-15-18(24-16)19-17-14-4-2-1-3-11(14)7-8-20(15)17/h1-9H,10H2. The minimum atomic E-state index is -0.345. The zero-order valence-electron chi connectivity index (χ0n) is 12.5. The Hall–Kier alpha value is -2.86. The highest BCUT2D eigenvalue weighted by atomic mass is 32.2. The van der Waals surface area contributed by atoms with Crippen LogP contribution in [0, 0.1) is 10.1 Å². The third-order valence-corrected chi connectivity index (χ3v) is 5.54. The highest BCUT2D eigenvalue weighted by Crippen LogP contribution is 2.41. The van der Waals surface area contributed by atoms with E-state index in [1.807, 2.05) is 24.4 Å². The van der Waals surface area contributed by atoms with Gasteiger partial charge >= 0.3 is 0 Å². The van der Waals surface area contributed by atoms with E-state index in [9.17, 15) is 10.1 Å². The number of hydrogen-bond acceptors (Lipinski definition) is 4. The van der Waals surface area contributed by atoms with E-state index in [2.05, 4.69) is 22.6 Å². The lowest BCUT2D eigenvalue weighted by Crippen LogP contribution is -2.02. The highest BCUT2D eigenvalue weighted by molar-refractivity contribution is 7.99. The van der Waals surface area contributed by atoms with Crippen molar-refractivity contribution in [2.75, 3.05) is 0 Å². The number of nitro benzene ring substituents is 1. The molecule has 1 aliphatic rings. The van der Waals surface area contributed by atoms with Gasteiger partial charge in [0.15, 0.2) is 0 Å². The minimum absolute atomic E-state index is 0.136. The summed E-state index contributed by atoms with van der Waals surface area (Å²) in [6.07, 6.45) is 2.69. The number of pyridine rings is 1. The van der Waals surface area contributed by atoms with Gasteiger partial charge in [-0.3, -0.25) is 10.1 Å². The van der Waals surface area contributed by atoms with Crippen LogP contribution in [0.25, 0.3) is 16.4 Å². The van der Waals surface area contributed by atoms with Gasteiger partial charge in [-0.2, -0.15) is 0 Å². The van der Waals surface area contributed by atoms with Gasteiger partial charge in [-0.05, 0) is 23.1 Å². The Morgan fingerprint density at radius 3 is 2.92 bits per heavy atom. The summed E-state index contributed by atoms with van der Waals surface area (Å²) in [7, 11) is 0. The van der Waals surface area contributed by atoms with Crippen molar-refractivity contribution in [1.82, 2.24) is 9.38 Å². The lowest BCUT2D eigenvalue weighted by atomic mass is 10.1. The van der Waals surface area contributed by atoms with Gasteiger partial charge in [0.1, 0.15) is 10.7 Å². The van der Waals surface area contributed by atoms with Crippen LogP contribution in [0.1, 0.15) is 11.3 Å². The molecule has 2 aromatic heterocycles. The molecule has 24 heavy (non-hydrogen) atoms. The normalized spacial score (nSPS) is 13.0. The summed E-state index contributed by atoms with van der Waals surface area (Å²) in [4.78, 5) is 16.5. The van der Waals surface area contributed by atoms with Crippen molar-refractivity contribution in [1.29, 1.82) is 0 Å². The van der Waals surface area contributed by atoms with E-state index in [0.717, 1.165) is 37.6 Å². The third kappa shape index (κ3) is 1.86. The first-order valence-corrected chi connectivity index (χ1v) is 8.36. The Kier molecular flexibility index (Phi) is 2.72. The lowest BCUT2D eigenvalue weighted by Gasteiger charge is -2.15. The molecule has 0 fully saturated rings. The molecule has 0 N–H and O–H groups in total. The smallest absolute Gasteiger partial charge is 0.269 e. The fourth-order valence-corrected chi connectivity index (χ4v) is 4.27. The van der Waals surface area contributed by atoms with Crippen LogP contribution in [0.5, 0.6) is 0 Å². The van der Waals surface area contributed by atoms with Crippen molar-refractivity contribution < 1.29 is 4.92 Å². The summed E-state index contributed by atoms with van der Waals surface area (Å²) in [5, 5.41) is 14.3. The molecule has 0 saturated heterocycles. The van der Waals surface area contributed by atoms with Crippen molar-refractivity contribution in [3.63, 3.8) is 0 Å². The van der Waals surface area contributed by atoms with Crippen LogP contribution in [-0.2, 0) is 6.42 Å². The Bertz CT molecular complexity index is 1150. The molecule has 116 valence electrons. The first kappa shape index (κ1) is 13.6. The second kappa shape index (κ2) is 4.82. The van der Waals surface area contributed by atoms with Crippen LogP contribution in [-0.4, -0.2) is 14.3 Å². The molecule has 4 aromatic rings. The van der Waals surface area contributed by atoms with Gasteiger partial charge in [-0.1, -0.05) is 36.0 Å². The van der Waals surface area contributed by atoms with E-state index in [1.54, 1.807) is 23.9 Å². The van der Waals surface area contributed by atoms with Crippen LogP contribution in [0.15, 0.2) is 64.6 Å². The number of rotatable bonds is 1. The van der Waals surface area contributed by atoms with E-state index < -0.39 is 0 Å². The fraction of sp³-hybridized carbons (Fsp3) is 0.0556. The largest absolute Gasteiger partial charge is 0.302 e. The number of imidazole rings is 1. The topological polar surface area (TPSA) is 60.4 Å². The molecule has 0 unspecified atom stereocenters. The second-order valence-electron chi connectivity index (χ2n) is 5.79. The zero-order chi connectivity index (χ0) is 16.3. The molecular formula is C18H11N3O2S. The zero-order valence-corrected chi connectivity index (χ0v) is 13.3. The van der Waals surface area contributed by atoms with Crippen molar-refractivity contribution in [2.45, 2.75) is 16.3 Å². The number of non-ortho nitro benzene ring substituents is 1. The molecule has 0 bridgehead atoms. The molecule has 1 aliphatic heterocycles. The first-order valence-electron chi connectivity index (χ1n) is 7.54. The third-order valence-electron chi connectivity index (χ3n) is 4.40. The van der Waals surface area contributed by atoms with Crippen LogP contribution in [0.3, 0.4) is 0 Å². The van der Waals surface area contributed by atoms with Crippen molar-refractivity contribution in [2.24, 2.45) is 0 Å². The van der Waals surface area contributed by atoms with Crippen LogP contribution in [0.2, 0.25) is 0 Å². The monoisotopic (exact) mass is 333 g/mol. The number of hydrogen-bond donors (Lipinski definition) is 0. The van der Waals surface area contributed by atoms with E-state index in [0.29, 0.717) is 6.42 Å². The average Bonchev–Trinajstić information content (AvgIpc) is 2.97. The maximum absolute atomic E-state index is 11.0. The SMILES string of the molecule is O=[N+]([O-])c1ccc2c(c1)Cc1c(nc3c4ccccc4ccn13)S2. The summed E-state index contributed by atoms with van der Waals surface area (Å²) in [6.45, 7) is 0. The molecule has 5 rings (SSSR count). The summed E-state index contributed by atoms with van der Waals surface area (Å²) in [5.74, 6) is 0. The average molecular weight is 333 g/mol. The fourth-order valence-electron chi connectivity index (χ4n) is 3.24. The number of aromatic nitrogens is 2. The molecule has 2 aromatic carbocycles. The molecule has 0 radical (unpaired) electrons. The predicted molar refractivity (Wildman–Crippen MR) is 92.7 cm³/mol. The van der Waals surface area contributed by atoms with Gasteiger partial charge in [0.25, 0.3) is 5.69 Å². The highest BCUT2D eigenvalue weighted by Gasteiger charge is 2.24. The molecule has 0 saturated carbocycles. The van der Waals surface area contributed by atoms with E-state index in [4.69, 9.17) is 4.98 Å². The van der Waals surface area contributed by atoms with E-state index >= 15 is 0 Å².